The lowest BCUT2D eigenvalue weighted by atomic mass is 10.0. The molecule has 1 aliphatic heterocycles. The SMILES string of the molecule is Cc1c(CNc2nnc(CN)c3ccc(N4CCOCC4)cc23)cccc1C(F)(F)F. The average Bonchev–Trinajstić information content (AvgIpc) is 2.77. The summed E-state index contributed by atoms with van der Waals surface area (Å²) in [4.78, 5) is 2.23. The van der Waals surface area contributed by atoms with E-state index in [1.807, 2.05) is 18.2 Å². The van der Waals surface area contributed by atoms with Crippen LogP contribution in [0, 0.1) is 6.92 Å². The van der Waals surface area contributed by atoms with Gasteiger partial charge in [0.05, 0.1) is 24.5 Å². The van der Waals surface area contributed by atoms with Crippen LogP contribution >= 0.6 is 0 Å². The monoisotopic (exact) mass is 431 g/mol. The van der Waals surface area contributed by atoms with Gasteiger partial charge in [0.25, 0.3) is 0 Å². The highest BCUT2D eigenvalue weighted by Gasteiger charge is 2.32. The Labute approximate surface area is 178 Å². The smallest absolute Gasteiger partial charge is 0.378 e. The van der Waals surface area contributed by atoms with Gasteiger partial charge in [-0.05, 0) is 36.2 Å². The summed E-state index contributed by atoms with van der Waals surface area (Å²) in [5, 5.41) is 13.4. The van der Waals surface area contributed by atoms with Crippen LogP contribution in [-0.2, 0) is 24.0 Å². The Morgan fingerprint density at radius 2 is 1.87 bits per heavy atom. The van der Waals surface area contributed by atoms with Crippen LogP contribution in [0.3, 0.4) is 0 Å². The van der Waals surface area contributed by atoms with Crippen LogP contribution < -0.4 is 16.0 Å². The van der Waals surface area contributed by atoms with Crippen LogP contribution in [-0.4, -0.2) is 36.5 Å². The molecule has 0 spiro atoms. The molecule has 9 heteroatoms. The molecule has 3 N–H and O–H groups in total. The van der Waals surface area contributed by atoms with Gasteiger partial charge in [-0.3, -0.25) is 0 Å². The number of halogens is 3. The second-order valence-electron chi connectivity index (χ2n) is 7.47. The minimum Gasteiger partial charge on any atom is -0.378 e. The van der Waals surface area contributed by atoms with E-state index in [4.69, 9.17) is 10.5 Å². The lowest BCUT2D eigenvalue weighted by Gasteiger charge is -2.29. The number of ether oxygens (including phenoxy) is 1. The summed E-state index contributed by atoms with van der Waals surface area (Å²) in [5.41, 5.74) is 7.66. The van der Waals surface area contributed by atoms with Crippen LogP contribution in [0.15, 0.2) is 36.4 Å². The fourth-order valence-corrected chi connectivity index (χ4v) is 3.86. The molecular weight excluding hydrogens is 407 g/mol. The standard InChI is InChI=1S/C22H24F3N5O/c1-14-15(3-2-4-19(14)22(23,24)25)13-27-21-18-11-16(30-7-9-31-10-8-30)5-6-17(18)20(12-26)28-29-21/h2-6,11H,7-10,12-13,26H2,1H3,(H,27,29). The molecule has 6 nitrogen and oxygen atoms in total. The van der Waals surface area contributed by atoms with Crippen LogP contribution in [0.2, 0.25) is 0 Å². The highest BCUT2D eigenvalue weighted by molar-refractivity contribution is 5.95. The molecule has 0 aliphatic carbocycles. The molecule has 0 bridgehead atoms. The van der Waals surface area contributed by atoms with E-state index in [1.165, 1.54) is 13.0 Å². The third-order valence-electron chi connectivity index (χ3n) is 5.61. The van der Waals surface area contributed by atoms with Crippen LogP contribution in [0.25, 0.3) is 10.8 Å². The number of nitrogens with two attached hydrogens (primary N) is 1. The van der Waals surface area contributed by atoms with Gasteiger partial charge in [-0.25, -0.2) is 0 Å². The van der Waals surface area contributed by atoms with Crippen molar-refractivity contribution in [3.63, 3.8) is 0 Å². The van der Waals surface area contributed by atoms with Crippen molar-refractivity contribution in [2.24, 2.45) is 5.73 Å². The summed E-state index contributed by atoms with van der Waals surface area (Å²) >= 11 is 0. The second-order valence-corrected chi connectivity index (χ2v) is 7.47. The highest BCUT2D eigenvalue weighted by atomic mass is 19.4. The van der Waals surface area contributed by atoms with Gasteiger partial charge in [-0.2, -0.15) is 18.3 Å². The molecule has 0 amide bonds. The number of aromatic nitrogens is 2. The maximum absolute atomic E-state index is 13.2. The second kappa shape index (κ2) is 8.68. The first kappa shape index (κ1) is 21.3. The Kier molecular flexibility index (Phi) is 5.97. The van der Waals surface area contributed by atoms with Crippen molar-refractivity contribution in [3.8, 4) is 0 Å². The number of rotatable bonds is 5. The van der Waals surface area contributed by atoms with E-state index in [2.05, 4.69) is 20.4 Å². The quantitative estimate of drug-likeness (QED) is 0.639. The van der Waals surface area contributed by atoms with E-state index in [-0.39, 0.29) is 18.7 Å². The van der Waals surface area contributed by atoms with Crippen LogP contribution in [0.1, 0.15) is 22.4 Å². The number of hydrogen-bond acceptors (Lipinski definition) is 6. The van der Waals surface area contributed by atoms with Gasteiger partial charge in [0.1, 0.15) is 0 Å². The Bertz CT molecular complexity index is 1080. The van der Waals surface area contributed by atoms with Crippen molar-refractivity contribution >= 4 is 22.3 Å². The molecule has 0 unspecified atom stereocenters. The first-order chi connectivity index (χ1) is 14.9. The predicted octanol–water partition coefficient (Wildman–Crippen LogP) is 3.86. The van der Waals surface area contributed by atoms with Crippen molar-refractivity contribution in [2.45, 2.75) is 26.2 Å². The summed E-state index contributed by atoms with van der Waals surface area (Å²) in [6.45, 7) is 4.84. The molecule has 31 heavy (non-hydrogen) atoms. The van der Waals surface area contributed by atoms with Gasteiger partial charge < -0.3 is 20.7 Å². The van der Waals surface area contributed by atoms with Crippen molar-refractivity contribution in [2.75, 3.05) is 36.5 Å². The first-order valence-corrected chi connectivity index (χ1v) is 10.1. The molecule has 4 rings (SSSR count). The summed E-state index contributed by atoms with van der Waals surface area (Å²) in [7, 11) is 0. The van der Waals surface area contributed by atoms with E-state index in [9.17, 15) is 13.2 Å². The summed E-state index contributed by atoms with van der Waals surface area (Å²) in [5.74, 6) is 0.513. The number of alkyl halides is 3. The number of nitrogens with one attached hydrogen (secondary N) is 1. The van der Waals surface area contributed by atoms with Crippen molar-refractivity contribution in [1.82, 2.24) is 10.2 Å². The van der Waals surface area contributed by atoms with Gasteiger partial charge in [-0.15, -0.1) is 5.10 Å². The largest absolute Gasteiger partial charge is 0.416 e. The van der Waals surface area contributed by atoms with Gasteiger partial charge in [0.2, 0.25) is 0 Å². The molecule has 0 atom stereocenters. The highest BCUT2D eigenvalue weighted by Crippen LogP contribution is 2.33. The summed E-state index contributed by atoms with van der Waals surface area (Å²) in [6.07, 6.45) is -4.39. The summed E-state index contributed by atoms with van der Waals surface area (Å²) in [6, 6.07) is 10.2. The van der Waals surface area contributed by atoms with E-state index in [0.29, 0.717) is 30.3 Å². The number of nitrogens with zero attached hydrogens (tertiary/aromatic N) is 3. The molecular formula is C22H24F3N5O. The number of fused-ring (bicyclic) bond motifs is 1. The fraction of sp³-hybridized carbons (Fsp3) is 0.364. The Morgan fingerprint density at radius 1 is 1.10 bits per heavy atom. The lowest BCUT2D eigenvalue weighted by molar-refractivity contribution is -0.138. The number of morpholine rings is 1. The van der Waals surface area contributed by atoms with E-state index < -0.39 is 11.7 Å². The van der Waals surface area contributed by atoms with Crippen LogP contribution in [0.5, 0.6) is 0 Å². The zero-order valence-electron chi connectivity index (χ0n) is 17.2. The molecule has 1 saturated heterocycles. The van der Waals surface area contributed by atoms with Gasteiger partial charge in [0.15, 0.2) is 5.82 Å². The Balaban J connectivity index is 1.67. The molecule has 1 aliphatic rings. The van der Waals surface area contributed by atoms with Gasteiger partial charge in [-0.1, -0.05) is 18.2 Å². The predicted molar refractivity (Wildman–Crippen MR) is 114 cm³/mol. The van der Waals surface area contributed by atoms with Crippen molar-refractivity contribution in [3.05, 3.63) is 58.8 Å². The zero-order chi connectivity index (χ0) is 22.0. The maximum atomic E-state index is 13.2. The Hall–Kier alpha value is -2.91. The van der Waals surface area contributed by atoms with Crippen LogP contribution in [0.4, 0.5) is 24.7 Å². The summed E-state index contributed by atoms with van der Waals surface area (Å²) < 4.78 is 45.1. The molecule has 3 aromatic rings. The minimum atomic E-state index is -4.39. The number of hydrogen-bond donors (Lipinski definition) is 2. The van der Waals surface area contributed by atoms with E-state index in [0.717, 1.165) is 35.6 Å². The maximum Gasteiger partial charge on any atom is 0.416 e. The fourth-order valence-electron chi connectivity index (χ4n) is 3.86. The topological polar surface area (TPSA) is 76.3 Å². The zero-order valence-corrected chi connectivity index (χ0v) is 17.2. The molecule has 1 fully saturated rings. The number of anilines is 2. The first-order valence-electron chi connectivity index (χ1n) is 10.1. The third kappa shape index (κ3) is 4.42. The normalized spacial score (nSPS) is 14.8. The average molecular weight is 431 g/mol. The minimum absolute atomic E-state index is 0.198. The molecule has 0 radical (unpaired) electrons. The Morgan fingerprint density at radius 3 is 2.58 bits per heavy atom. The van der Waals surface area contributed by atoms with Crippen molar-refractivity contribution < 1.29 is 17.9 Å². The molecule has 2 aromatic carbocycles. The molecule has 0 saturated carbocycles. The molecule has 1 aromatic heterocycles. The van der Waals surface area contributed by atoms with Crippen molar-refractivity contribution in [1.29, 1.82) is 0 Å². The van der Waals surface area contributed by atoms with E-state index in [1.54, 1.807) is 6.07 Å². The molecule has 2 heterocycles. The van der Waals surface area contributed by atoms with E-state index >= 15 is 0 Å². The van der Waals surface area contributed by atoms with Gasteiger partial charge in [0, 0.05) is 42.6 Å². The third-order valence-corrected chi connectivity index (χ3v) is 5.61. The molecule has 164 valence electrons. The number of benzene rings is 2. The lowest BCUT2D eigenvalue weighted by Crippen LogP contribution is -2.36. The van der Waals surface area contributed by atoms with Gasteiger partial charge >= 0.3 is 6.18 Å².